The summed E-state index contributed by atoms with van der Waals surface area (Å²) in [6.45, 7) is 0. The third kappa shape index (κ3) is 4.18. The summed E-state index contributed by atoms with van der Waals surface area (Å²) >= 11 is 2.17. The van der Waals surface area contributed by atoms with Crippen molar-refractivity contribution in [3.63, 3.8) is 0 Å². The zero-order chi connectivity index (χ0) is 15.9. The van der Waals surface area contributed by atoms with E-state index in [-0.39, 0.29) is 12.1 Å². The van der Waals surface area contributed by atoms with Crippen molar-refractivity contribution < 1.29 is 44.3 Å². The lowest BCUT2D eigenvalue weighted by atomic mass is 10.1. The van der Waals surface area contributed by atoms with E-state index in [1.165, 1.54) is 0 Å². The van der Waals surface area contributed by atoms with Gasteiger partial charge in [-0.15, -0.1) is 13.2 Å². The van der Waals surface area contributed by atoms with E-state index in [0.29, 0.717) is 0 Å². The molecule has 0 spiro atoms. The largest absolute Gasteiger partial charge is 0.573 e. The molecule has 1 rings (SSSR count). The van der Waals surface area contributed by atoms with Gasteiger partial charge in [0.2, 0.25) is 0 Å². The van der Waals surface area contributed by atoms with Crippen molar-refractivity contribution >= 4 is 15.9 Å². The number of rotatable bonds is 1. The molecule has 0 aromatic heterocycles. The van der Waals surface area contributed by atoms with Crippen molar-refractivity contribution in [2.24, 2.45) is 0 Å². The minimum atomic E-state index is -5.50. The molecule has 1 aromatic carbocycles. The van der Waals surface area contributed by atoms with Crippen LogP contribution in [0.15, 0.2) is 16.6 Å². The standard InChI is InChI=1S/C9H2BrF9O/c10-5-2-3(20-9(17,18)19)1-4(7(11,12)13)6(5)8(14,15)16/h1-2H. The Morgan fingerprint density at radius 1 is 0.800 bits per heavy atom. The van der Waals surface area contributed by atoms with E-state index in [4.69, 9.17) is 0 Å². The molecule has 0 aliphatic rings. The van der Waals surface area contributed by atoms with E-state index in [9.17, 15) is 39.5 Å². The van der Waals surface area contributed by atoms with Crippen LogP contribution in [0.3, 0.4) is 0 Å². The van der Waals surface area contributed by atoms with Gasteiger partial charge in [0, 0.05) is 4.47 Å². The van der Waals surface area contributed by atoms with Crippen LogP contribution in [0.4, 0.5) is 39.5 Å². The predicted octanol–water partition coefficient (Wildman–Crippen LogP) is 5.39. The summed E-state index contributed by atoms with van der Waals surface area (Å²) in [6, 6.07) is -0.202. The summed E-state index contributed by atoms with van der Waals surface area (Å²) in [5, 5.41) is 0. The van der Waals surface area contributed by atoms with Gasteiger partial charge in [0.15, 0.2) is 0 Å². The smallest absolute Gasteiger partial charge is 0.406 e. The highest BCUT2D eigenvalue weighted by atomic mass is 79.9. The first-order chi connectivity index (χ1) is 8.72. The second kappa shape index (κ2) is 5.01. The first-order valence-electron chi connectivity index (χ1n) is 4.45. The van der Waals surface area contributed by atoms with E-state index < -0.39 is 40.1 Å². The zero-order valence-electron chi connectivity index (χ0n) is 8.84. The van der Waals surface area contributed by atoms with Crippen LogP contribution in [-0.2, 0) is 12.4 Å². The second-order valence-electron chi connectivity index (χ2n) is 3.37. The Hall–Kier alpha value is -1.13. The Labute approximate surface area is 113 Å². The highest BCUT2D eigenvalue weighted by molar-refractivity contribution is 9.10. The maximum atomic E-state index is 12.5. The van der Waals surface area contributed by atoms with Gasteiger partial charge in [0.05, 0.1) is 11.1 Å². The Morgan fingerprint density at radius 2 is 1.30 bits per heavy atom. The number of ether oxygens (including phenoxy) is 1. The minimum Gasteiger partial charge on any atom is -0.406 e. The molecule has 1 nitrogen and oxygen atoms in total. The maximum Gasteiger partial charge on any atom is 0.573 e. The van der Waals surface area contributed by atoms with Crippen molar-refractivity contribution in [3.8, 4) is 5.75 Å². The van der Waals surface area contributed by atoms with Crippen molar-refractivity contribution in [1.82, 2.24) is 0 Å². The molecule has 0 radical (unpaired) electrons. The van der Waals surface area contributed by atoms with Gasteiger partial charge in [-0.05, 0) is 12.1 Å². The molecule has 0 heterocycles. The lowest BCUT2D eigenvalue weighted by molar-refractivity contribution is -0.274. The van der Waals surface area contributed by atoms with Crippen molar-refractivity contribution in [2.75, 3.05) is 0 Å². The van der Waals surface area contributed by atoms with E-state index in [1.807, 2.05) is 0 Å². The van der Waals surface area contributed by atoms with Gasteiger partial charge >= 0.3 is 18.7 Å². The first kappa shape index (κ1) is 16.9. The zero-order valence-corrected chi connectivity index (χ0v) is 10.4. The molecule has 0 fully saturated rings. The predicted molar refractivity (Wildman–Crippen MR) is 50.8 cm³/mol. The van der Waals surface area contributed by atoms with E-state index in [2.05, 4.69) is 20.7 Å². The maximum absolute atomic E-state index is 12.5. The summed E-state index contributed by atoms with van der Waals surface area (Å²) in [5.41, 5.74) is -4.40. The highest BCUT2D eigenvalue weighted by Gasteiger charge is 2.45. The van der Waals surface area contributed by atoms with Gasteiger partial charge in [0.25, 0.3) is 0 Å². The number of hydrogen-bond acceptors (Lipinski definition) is 1. The Balaban J connectivity index is 3.50. The van der Waals surface area contributed by atoms with Crippen molar-refractivity contribution in [1.29, 1.82) is 0 Å². The highest BCUT2D eigenvalue weighted by Crippen LogP contribution is 2.46. The van der Waals surface area contributed by atoms with Gasteiger partial charge < -0.3 is 4.74 Å². The van der Waals surface area contributed by atoms with Crippen LogP contribution >= 0.6 is 15.9 Å². The molecule has 0 bridgehead atoms. The quantitative estimate of drug-likeness (QED) is 0.597. The molecular weight excluding hydrogens is 375 g/mol. The van der Waals surface area contributed by atoms with Crippen molar-refractivity contribution in [2.45, 2.75) is 18.7 Å². The lowest BCUT2D eigenvalue weighted by Gasteiger charge is -2.19. The molecule has 0 aliphatic heterocycles. The van der Waals surface area contributed by atoms with Crippen LogP contribution in [0.25, 0.3) is 0 Å². The SMILES string of the molecule is FC(F)(F)Oc1cc(Br)c(C(F)(F)F)c(C(F)(F)F)c1. The van der Waals surface area contributed by atoms with Crippen LogP contribution in [0, 0.1) is 0 Å². The third-order valence-electron chi connectivity index (χ3n) is 1.89. The van der Waals surface area contributed by atoms with Crippen LogP contribution in [0.5, 0.6) is 5.75 Å². The molecule has 0 aliphatic carbocycles. The summed E-state index contributed by atoms with van der Waals surface area (Å²) in [5.74, 6) is -1.41. The fourth-order valence-corrected chi connectivity index (χ4v) is 1.95. The molecule has 0 atom stereocenters. The van der Waals surface area contributed by atoms with E-state index >= 15 is 0 Å². The summed E-state index contributed by atoms with van der Waals surface area (Å²) in [7, 11) is 0. The Bertz CT molecular complexity index is 500. The van der Waals surface area contributed by atoms with Gasteiger partial charge in [-0.25, -0.2) is 0 Å². The second-order valence-corrected chi connectivity index (χ2v) is 4.23. The molecule has 0 unspecified atom stereocenters. The monoisotopic (exact) mass is 376 g/mol. The average Bonchev–Trinajstić information content (AvgIpc) is 2.09. The molecular formula is C9H2BrF9O. The Morgan fingerprint density at radius 3 is 1.65 bits per heavy atom. The number of hydrogen-bond donors (Lipinski definition) is 0. The molecule has 114 valence electrons. The molecule has 11 heteroatoms. The molecule has 0 N–H and O–H groups in total. The lowest BCUT2D eigenvalue weighted by Crippen LogP contribution is -2.20. The fourth-order valence-electron chi connectivity index (χ4n) is 1.29. The van der Waals surface area contributed by atoms with E-state index in [0.717, 1.165) is 0 Å². The topological polar surface area (TPSA) is 9.23 Å². The molecule has 1 aromatic rings. The molecule has 20 heavy (non-hydrogen) atoms. The summed E-state index contributed by atoms with van der Waals surface area (Å²) < 4.78 is 113. The normalized spacial score (nSPS) is 13.5. The van der Waals surface area contributed by atoms with E-state index in [1.54, 1.807) is 0 Å². The fraction of sp³-hybridized carbons (Fsp3) is 0.333. The van der Waals surface area contributed by atoms with Crippen molar-refractivity contribution in [3.05, 3.63) is 27.7 Å². The van der Waals surface area contributed by atoms with Crippen LogP contribution < -0.4 is 4.74 Å². The number of halogens is 10. The minimum absolute atomic E-state index is 0.158. The van der Waals surface area contributed by atoms with Crippen LogP contribution in [0.1, 0.15) is 11.1 Å². The number of benzene rings is 1. The summed E-state index contributed by atoms with van der Waals surface area (Å²) in [4.78, 5) is 0. The van der Waals surface area contributed by atoms with Crippen LogP contribution in [-0.4, -0.2) is 6.36 Å². The average molecular weight is 377 g/mol. The molecule has 0 saturated heterocycles. The van der Waals surface area contributed by atoms with Crippen LogP contribution in [0.2, 0.25) is 0 Å². The number of alkyl halides is 9. The van der Waals surface area contributed by atoms with Gasteiger partial charge in [-0.3, -0.25) is 0 Å². The third-order valence-corrected chi connectivity index (χ3v) is 2.51. The Kier molecular flexibility index (Phi) is 4.24. The summed E-state index contributed by atoms with van der Waals surface area (Å²) in [6.07, 6.45) is -16.2. The van der Waals surface area contributed by atoms with Gasteiger partial charge in [-0.2, -0.15) is 26.3 Å². The first-order valence-corrected chi connectivity index (χ1v) is 5.25. The molecule has 0 saturated carbocycles. The van der Waals surface area contributed by atoms with Gasteiger partial charge in [0.1, 0.15) is 5.75 Å². The molecule has 0 amide bonds. The van der Waals surface area contributed by atoms with Gasteiger partial charge in [-0.1, -0.05) is 15.9 Å².